The van der Waals surface area contributed by atoms with Gasteiger partial charge in [0.25, 0.3) is 5.91 Å². The molecule has 0 bridgehead atoms. The summed E-state index contributed by atoms with van der Waals surface area (Å²) in [7, 11) is 1.72. The van der Waals surface area contributed by atoms with Crippen molar-refractivity contribution < 1.29 is 29.0 Å². The molecule has 3 atom stereocenters. The van der Waals surface area contributed by atoms with E-state index >= 15 is 0 Å². The van der Waals surface area contributed by atoms with Gasteiger partial charge in [0, 0.05) is 31.6 Å². The third-order valence-electron chi connectivity index (χ3n) is 12.3. The summed E-state index contributed by atoms with van der Waals surface area (Å²) in [5, 5.41) is 23.4. The number of carbonyl (C=O) groups is 3. The number of rotatable bonds is 11. The van der Waals surface area contributed by atoms with Gasteiger partial charge in [-0.2, -0.15) is 5.26 Å². The van der Waals surface area contributed by atoms with Crippen LogP contribution in [-0.2, 0) is 53.2 Å². The first-order valence-corrected chi connectivity index (χ1v) is 21.5. The number of nitriles is 1. The Hall–Kier alpha value is -6.64. The van der Waals surface area contributed by atoms with Crippen LogP contribution in [0.5, 0.6) is 11.5 Å². The summed E-state index contributed by atoms with van der Waals surface area (Å²) in [6.07, 6.45) is 1.06. The fraction of sp³-hybridized carbons (Fsp3) is 0.216. The molecule has 2 aliphatic heterocycles. The van der Waals surface area contributed by atoms with Crippen LogP contribution in [0.15, 0.2) is 127 Å². The van der Waals surface area contributed by atoms with Crippen molar-refractivity contribution in [2.45, 2.75) is 63.1 Å². The SMILES string of the molecule is CN1C(=O)[C@H](c2ccc(OCc3ccc(Cl)c(Cl)c3)cc2)Oc2cc3c(cc21)C[C@@H](C(=O)NC(Cc1ccc(-c2ccc(C#N)cc2)cc1)C(=O)O)N(C1Cc2ccccc2C1)C3. The molecule has 2 heterocycles. The molecule has 0 saturated heterocycles. The number of carboxylic acid groups (broad SMARTS) is 1. The normalized spacial score (nSPS) is 17.4. The third-order valence-corrected chi connectivity index (χ3v) is 13.1. The summed E-state index contributed by atoms with van der Waals surface area (Å²) in [5.74, 6) is -0.540. The highest BCUT2D eigenvalue weighted by atomic mass is 35.5. The monoisotopic (exact) mass is 876 g/mol. The van der Waals surface area contributed by atoms with E-state index in [2.05, 4.69) is 28.4 Å². The first-order chi connectivity index (χ1) is 30.5. The number of nitrogens with one attached hydrogen (secondary N) is 1. The average Bonchev–Trinajstić information content (AvgIpc) is 3.74. The van der Waals surface area contributed by atoms with Crippen molar-refractivity contribution in [2.24, 2.45) is 0 Å². The number of hydrogen-bond acceptors (Lipinski definition) is 7. The lowest BCUT2D eigenvalue weighted by molar-refractivity contribution is -0.143. The molecule has 0 saturated carbocycles. The highest BCUT2D eigenvalue weighted by Gasteiger charge is 2.41. The van der Waals surface area contributed by atoms with E-state index < -0.39 is 24.2 Å². The third kappa shape index (κ3) is 8.73. The van der Waals surface area contributed by atoms with E-state index in [4.69, 9.17) is 37.9 Å². The van der Waals surface area contributed by atoms with Crippen molar-refractivity contribution in [3.05, 3.63) is 182 Å². The Morgan fingerprint density at radius 1 is 0.825 bits per heavy atom. The van der Waals surface area contributed by atoms with Gasteiger partial charge in [0.05, 0.1) is 33.4 Å². The minimum absolute atomic E-state index is 0.00992. The maximum Gasteiger partial charge on any atom is 0.326 e. The summed E-state index contributed by atoms with van der Waals surface area (Å²) in [6, 6.07) is 40.0. The summed E-state index contributed by atoms with van der Waals surface area (Å²) in [4.78, 5) is 44.9. The average molecular weight is 878 g/mol. The Morgan fingerprint density at radius 2 is 1.49 bits per heavy atom. The maximum atomic E-state index is 14.5. The molecule has 3 aliphatic rings. The molecule has 0 aromatic heterocycles. The molecule has 1 unspecified atom stereocenters. The van der Waals surface area contributed by atoms with Crippen molar-refractivity contribution in [2.75, 3.05) is 11.9 Å². The molecule has 2 amide bonds. The van der Waals surface area contributed by atoms with Gasteiger partial charge in [0.1, 0.15) is 24.1 Å². The van der Waals surface area contributed by atoms with Crippen LogP contribution < -0.4 is 19.7 Å². The number of amides is 2. The number of carboxylic acids is 1. The molecule has 316 valence electrons. The highest BCUT2D eigenvalue weighted by Crippen LogP contribution is 2.43. The van der Waals surface area contributed by atoms with Gasteiger partial charge in [-0.15, -0.1) is 0 Å². The molecular weight excluding hydrogens is 835 g/mol. The summed E-state index contributed by atoms with van der Waals surface area (Å²) in [5.41, 5.74) is 9.71. The zero-order chi connectivity index (χ0) is 43.8. The second-order valence-electron chi connectivity index (χ2n) is 16.3. The van der Waals surface area contributed by atoms with Crippen LogP contribution >= 0.6 is 23.2 Å². The molecule has 0 fully saturated rings. The number of ether oxygens (including phenoxy) is 2. The van der Waals surface area contributed by atoms with Gasteiger partial charge in [-0.3, -0.25) is 14.5 Å². The Morgan fingerprint density at radius 3 is 2.14 bits per heavy atom. The van der Waals surface area contributed by atoms with Gasteiger partial charge in [0.15, 0.2) is 0 Å². The van der Waals surface area contributed by atoms with Gasteiger partial charge in [-0.25, -0.2) is 4.79 Å². The van der Waals surface area contributed by atoms with E-state index in [0.717, 1.165) is 46.2 Å². The van der Waals surface area contributed by atoms with Gasteiger partial charge >= 0.3 is 5.97 Å². The van der Waals surface area contributed by atoms with E-state index in [-0.39, 0.29) is 24.3 Å². The lowest BCUT2D eigenvalue weighted by Crippen LogP contribution is -2.57. The van der Waals surface area contributed by atoms with Crippen molar-refractivity contribution in [3.8, 4) is 28.7 Å². The predicted octanol–water partition coefficient (Wildman–Crippen LogP) is 8.91. The second kappa shape index (κ2) is 17.6. The van der Waals surface area contributed by atoms with Crippen molar-refractivity contribution in [1.82, 2.24) is 10.2 Å². The van der Waals surface area contributed by atoms with Gasteiger partial charge in [-0.1, -0.05) is 102 Å². The smallest absolute Gasteiger partial charge is 0.326 e. The van der Waals surface area contributed by atoms with Crippen LogP contribution in [0.1, 0.15) is 50.6 Å². The second-order valence-corrected chi connectivity index (χ2v) is 17.1. The molecule has 0 radical (unpaired) electrons. The molecule has 10 nitrogen and oxygen atoms in total. The van der Waals surface area contributed by atoms with Gasteiger partial charge < -0.3 is 24.8 Å². The van der Waals surface area contributed by atoms with Gasteiger partial charge in [0.2, 0.25) is 12.0 Å². The van der Waals surface area contributed by atoms with E-state index in [1.807, 2.05) is 78.9 Å². The molecule has 2 N–H and O–H groups in total. The zero-order valence-corrected chi connectivity index (χ0v) is 35.8. The molecule has 63 heavy (non-hydrogen) atoms. The Kier molecular flexibility index (Phi) is 11.7. The summed E-state index contributed by atoms with van der Waals surface area (Å²) in [6.45, 7) is 0.727. The van der Waals surface area contributed by atoms with Gasteiger partial charge in [-0.05, 0) is 112 Å². The van der Waals surface area contributed by atoms with Crippen LogP contribution in [0, 0.1) is 11.3 Å². The quantitative estimate of drug-likeness (QED) is 0.132. The minimum Gasteiger partial charge on any atom is -0.489 e. The van der Waals surface area contributed by atoms with E-state index in [1.165, 1.54) is 11.1 Å². The first-order valence-electron chi connectivity index (χ1n) is 20.7. The standard InChI is InChI=1S/C51H42Cl2N4O6/c1-56-45-24-38-25-46(49(58)55-44(51(60)61)21-30-6-11-33(12-7-30)34-13-8-31(27-54)9-14-34)57(40-22-36-4-2-3-5-37(36)23-40)28-39(38)26-47(45)63-48(50(56)59)35-15-17-41(18-16-35)62-29-32-10-19-42(52)43(53)20-32/h2-20,24,26,40,44,46,48H,21-23,25,28-29H2,1H3,(H,55,58)(H,60,61)/t44?,46-,48-/m0/s1. The molecule has 6 aromatic rings. The first kappa shape index (κ1) is 41.7. The Balaban J connectivity index is 0.936. The van der Waals surface area contributed by atoms with Crippen LogP contribution in [0.4, 0.5) is 5.69 Å². The fourth-order valence-corrected chi connectivity index (χ4v) is 9.19. The number of halogens is 2. The minimum atomic E-state index is -1.16. The number of hydrogen-bond donors (Lipinski definition) is 2. The summed E-state index contributed by atoms with van der Waals surface area (Å²) < 4.78 is 12.5. The topological polar surface area (TPSA) is 132 Å². The Bertz CT molecular complexity index is 2750. The number of carbonyl (C=O) groups excluding carboxylic acids is 2. The lowest BCUT2D eigenvalue weighted by atomic mass is 9.89. The molecule has 9 rings (SSSR count). The fourth-order valence-electron chi connectivity index (χ4n) is 8.87. The summed E-state index contributed by atoms with van der Waals surface area (Å²) >= 11 is 12.2. The van der Waals surface area contributed by atoms with E-state index in [1.54, 1.807) is 48.3 Å². The Labute approximate surface area is 375 Å². The lowest BCUT2D eigenvalue weighted by Gasteiger charge is -2.41. The highest BCUT2D eigenvalue weighted by molar-refractivity contribution is 6.42. The van der Waals surface area contributed by atoms with Crippen molar-refractivity contribution >= 4 is 46.7 Å². The van der Waals surface area contributed by atoms with Crippen LogP contribution in [-0.4, -0.2) is 53.0 Å². The predicted molar refractivity (Wildman–Crippen MR) is 241 cm³/mol. The number of fused-ring (bicyclic) bond motifs is 3. The number of benzene rings is 6. The van der Waals surface area contributed by atoms with Crippen molar-refractivity contribution in [3.63, 3.8) is 0 Å². The van der Waals surface area contributed by atoms with Crippen LogP contribution in [0.2, 0.25) is 10.0 Å². The van der Waals surface area contributed by atoms with E-state index in [0.29, 0.717) is 57.9 Å². The van der Waals surface area contributed by atoms with Crippen LogP contribution in [0.25, 0.3) is 11.1 Å². The molecule has 6 aromatic carbocycles. The molecule has 0 spiro atoms. The van der Waals surface area contributed by atoms with Crippen LogP contribution in [0.3, 0.4) is 0 Å². The molecule has 12 heteroatoms. The number of nitrogens with zero attached hydrogens (tertiary/aromatic N) is 3. The molecule has 1 aliphatic carbocycles. The molecular formula is C51H42Cl2N4O6. The number of likely N-dealkylation sites (N-methyl/N-ethyl adjacent to an activating group) is 1. The maximum absolute atomic E-state index is 14.5. The number of aliphatic carboxylic acids is 1. The zero-order valence-electron chi connectivity index (χ0n) is 34.3. The largest absolute Gasteiger partial charge is 0.489 e. The van der Waals surface area contributed by atoms with Crippen molar-refractivity contribution in [1.29, 1.82) is 5.26 Å². The van der Waals surface area contributed by atoms with E-state index in [9.17, 15) is 19.5 Å². The number of anilines is 1.